The third kappa shape index (κ3) is 1.85. The number of methoxy groups -OCH3 is 1. The minimum atomic E-state index is -0.845. The molecule has 0 fully saturated rings. The molecular weight excluding hydrogens is 184 g/mol. The Bertz CT molecular complexity index is 400. The number of carbonyl (C=O) groups is 1. The molecule has 0 amide bonds. The topological polar surface area (TPSA) is 66.8 Å². The quantitative estimate of drug-likeness (QED) is 0.717. The molecule has 0 spiro atoms. The second kappa shape index (κ2) is 3.83. The highest BCUT2D eigenvalue weighted by molar-refractivity contribution is 6.14. The van der Waals surface area contributed by atoms with Gasteiger partial charge < -0.3 is 15.0 Å². The van der Waals surface area contributed by atoms with E-state index in [2.05, 4.69) is 11.7 Å². The van der Waals surface area contributed by atoms with Crippen LogP contribution in [0.4, 0.5) is 0 Å². The number of aromatic hydroxyl groups is 1. The van der Waals surface area contributed by atoms with Crippen molar-refractivity contribution in [1.29, 1.82) is 1.43 Å². The van der Waals surface area contributed by atoms with Crippen LogP contribution in [-0.4, -0.2) is 23.3 Å². The van der Waals surface area contributed by atoms with Gasteiger partial charge in [0.1, 0.15) is 0 Å². The molecule has 14 heavy (non-hydrogen) atoms. The Morgan fingerprint density at radius 2 is 2.36 bits per heavy atom. The molecule has 2 N–H and O–H groups in total. The van der Waals surface area contributed by atoms with Crippen molar-refractivity contribution in [1.82, 2.24) is 0 Å². The number of ether oxygens (including phenoxy) is 1. The first-order valence-corrected chi connectivity index (χ1v) is 3.84. The number of hydrogen-bond acceptors (Lipinski definition) is 4. The van der Waals surface area contributed by atoms with Gasteiger partial charge in [0.15, 0.2) is 11.5 Å². The Hall–Kier alpha value is -1.97. The molecule has 0 aliphatic heterocycles. The van der Waals surface area contributed by atoms with Crippen molar-refractivity contribution in [3.05, 3.63) is 30.3 Å². The zero-order valence-corrected chi connectivity index (χ0v) is 7.61. The van der Waals surface area contributed by atoms with Gasteiger partial charge in [0.2, 0.25) is 0 Å². The Morgan fingerprint density at radius 3 is 2.93 bits per heavy atom. The summed E-state index contributed by atoms with van der Waals surface area (Å²) in [5.74, 6) is -0.650. The zero-order valence-electron chi connectivity index (χ0n) is 8.61. The van der Waals surface area contributed by atoms with Gasteiger partial charge in [0, 0.05) is 0 Å². The van der Waals surface area contributed by atoms with Crippen LogP contribution in [0.15, 0.2) is 24.8 Å². The van der Waals surface area contributed by atoms with E-state index in [1.165, 1.54) is 25.3 Å². The summed E-state index contributed by atoms with van der Waals surface area (Å²) in [4.78, 5) is 11.0. The van der Waals surface area contributed by atoms with Crippen LogP contribution in [0.2, 0.25) is 0 Å². The van der Waals surface area contributed by atoms with Crippen LogP contribution in [-0.2, 0) is 4.79 Å². The molecule has 4 nitrogen and oxygen atoms in total. The second-order valence-corrected chi connectivity index (χ2v) is 2.65. The number of benzene rings is 1. The Labute approximate surface area is 82.6 Å². The monoisotopic (exact) mass is 195 g/mol. The molecule has 0 aromatic heterocycles. The van der Waals surface area contributed by atoms with Crippen LogP contribution in [0.25, 0.3) is 7.00 Å². The maximum absolute atomic E-state index is 11.0. The van der Waals surface area contributed by atoms with Gasteiger partial charge in [-0.1, -0.05) is 12.6 Å². The lowest BCUT2D eigenvalue weighted by molar-refractivity contribution is -0.130. The van der Waals surface area contributed by atoms with Crippen LogP contribution in [0.1, 0.15) is 5.56 Å². The number of phenols is 1. The fraction of sp³-hybridized carbons (Fsp3) is 0.100. The maximum atomic E-state index is 11.0. The summed E-state index contributed by atoms with van der Waals surface area (Å²) >= 11 is 0. The number of phenolic OH excluding ortho intramolecular Hbond substituents is 1. The minimum absolute atomic E-state index is 0.0308. The smallest absolute Gasteiger partial charge is 0.335 e. The summed E-state index contributed by atoms with van der Waals surface area (Å²) in [5.41, 5.74) is 0.463. The molecular formula is C10H10O4. The standard InChI is InChI=1S/C10H10O4/c1-6(10(12)13)7-3-4-8(11)9(5-7)14-2/h3-5,11H,1H2,2H3,(H,12,13)/i/hD. The molecule has 0 saturated heterocycles. The second-order valence-electron chi connectivity index (χ2n) is 2.65. The minimum Gasteiger partial charge on any atom is -0.504 e. The molecule has 4 heteroatoms. The van der Waals surface area contributed by atoms with E-state index in [0.29, 0.717) is 5.56 Å². The first kappa shape index (κ1) is 8.62. The van der Waals surface area contributed by atoms with Crippen molar-refractivity contribution >= 4 is 11.5 Å². The molecule has 74 valence electrons. The lowest BCUT2D eigenvalue weighted by atomic mass is 10.1. The van der Waals surface area contributed by atoms with Gasteiger partial charge in [-0.3, -0.25) is 0 Å². The molecule has 1 rings (SSSR count). The van der Waals surface area contributed by atoms with E-state index in [9.17, 15) is 9.90 Å². The van der Waals surface area contributed by atoms with E-state index in [0.717, 1.165) is 0 Å². The molecule has 0 atom stereocenters. The van der Waals surface area contributed by atoms with Crippen molar-refractivity contribution in [3.8, 4) is 11.5 Å². The molecule has 0 radical (unpaired) electrons. The molecule has 0 unspecified atom stereocenters. The van der Waals surface area contributed by atoms with E-state index in [1.807, 2.05) is 0 Å². The number of hydrogen-bond donors (Lipinski definition) is 2. The molecule has 0 aliphatic carbocycles. The van der Waals surface area contributed by atoms with Crippen LogP contribution in [0.3, 0.4) is 0 Å². The fourth-order valence-electron chi connectivity index (χ4n) is 0.983. The average Bonchev–Trinajstić information content (AvgIpc) is 2.27. The van der Waals surface area contributed by atoms with Gasteiger partial charge in [0.25, 0.3) is 1.43 Å². The van der Waals surface area contributed by atoms with Crippen molar-refractivity contribution in [3.63, 3.8) is 0 Å². The summed E-state index contributed by atoms with van der Waals surface area (Å²) in [5, 5.41) is 13.1. The molecule has 1 aromatic rings. The number of rotatable bonds is 3. The molecule has 0 saturated carbocycles. The predicted octanol–water partition coefficient (Wildman–Crippen LogP) is 1.50. The molecule has 0 bridgehead atoms. The maximum Gasteiger partial charge on any atom is 0.335 e. The highest BCUT2D eigenvalue weighted by Crippen LogP contribution is 2.28. The Balaban J connectivity index is 3.06. The van der Waals surface area contributed by atoms with Crippen molar-refractivity contribution in [2.45, 2.75) is 0 Å². The summed E-state index contributed by atoms with van der Waals surface area (Å²) in [6.07, 6.45) is 0. The van der Waals surface area contributed by atoms with Gasteiger partial charge in [0.05, 0.1) is 12.7 Å². The van der Waals surface area contributed by atoms with E-state index >= 15 is 0 Å². The normalized spacial score (nSPS) is 10.2. The summed E-state index contributed by atoms with van der Waals surface area (Å²) < 4.78 is 11.3. The first-order chi connectivity index (χ1) is 7.10. The molecule has 0 aliphatic rings. The Kier molecular flexibility index (Phi) is 2.36. The fourth-order valence-corrected chi connectivity index (χ4v) is 0.983. The summed E-state index contributed by atoms with van der Waals surface area (Å²) in [6.45, 7) is 3.47. The third-order valence-corrected chi connectivity index (χ3v) is 1.77. The van der Waals surface area contributed by atoms with Gasteiger partial charge in [-0.25, -0.2) is 4.79 Å². The van der Waals surface area contributed by atoms with E-state index < -0.39 is 5.97 Å². The number of carboxylic acids is 1. The van der Waals surface area contributed by atoms with E-state index in [1.54, 1.807) is 0 Å². The molecule has 0 heterocycles. The van der Waals surface area contributed by atoms with Crippen molar-refractivity contribution in [2.24, 2.45) is 0 Å². The van der Waals surface area contributed by atoms with Crippen LogP contribution in [0.5, 0.6) is 11.5 Å². The lowest BCUT2D eigenvalue weighted by Gasteiger charge is -2.05. The predicted molar refractivity (Wildman–Crippen MR) is 51.3 cm³/mol. The van der Waals surface area contributed by atoms with Crippen LogP contribution in [0, 0.1) is 0 Å². The van der Waals surface area contributed by atoms with Crippen molar-refractivity contribution in [2.75, 3.05) is 7.11 Å². The average molecular weight is 195 g/mol. The zero-order chi connectivity index (χ0) is 11.4. The van der Waals surface area contributed by atoms with Crippen LogP contribution >= 0.6 is 0 Å². The highest BCUT2D eigenvalue weighted by atomic mass is 16.5. The number of carboxylic acid groups (broad SMARTS) is 1. The van der Waals surface area contributed by atoms with Gasteiger partial charge >= 0.3 is 5.97 Å². The van der Waals surface area contributed by atoms with Gasteiger partial charge in [-0.05, 0) is 17.7 Å². The first-order valence-electron chi connectivity index (χ1n) is 4.24. The third-order valence-electron chi connectivity index (χ3n) is 1.77. The van der Waals surface area contributed by atoms with Crippen molar-refractivity contribution < 1.29 is 19.7 Å². The highest BCUT2D eigenvalue weighted by Gasteiger charge is 2.09. The largest absolute Gasteiger partial charge is 0.504 e. The Morgan fingerprint density at radius 1 is 1.64 bits per heavy atom. The van der Waals surface area contributed by atoms with Crippen LogP contribution < -0.4 is 4.74 Å². The summed E-state index contributed by atoms with van der Waals surface area (Å²) in [7, 11) is 1.39. The molecule has 1 aromatic carbocycles. The summed E-state index contributed by atoms with van der Waals surface area (Å²) in [6, 6.07) is 4.29. The van der Waals surface area contributed by atoms with Gasteiger partial charge in [-0.2, -0.15) is 0 Å². The lowest BCUT2D eigenvalue weighted by Crippen LogP contribution is -1.98. The van der Waals surface area contributed by atoms with E-state index in [4.69, 9.17) is 6.17 Å². The number of aliphatic carboxylic acids is 1. The van der Waals surface area contributed by atoms with Gasteiger partial charge in [-0.15, -0.1) is 0 Å². The SMILES string of the molecule is [2H]OC(=O)C(=C)c1ccc(O)c(OC)c1. The van der Waals surface area contributed by atoms with E-state index in [-0.39, 0.29) is 17.1 Å².